The molecule has 0 bridgehead atoms. The third-order valence-corrected chi connectivity index (χ3v) is 5.22. The molecule has 150 valence electrons. The lowest BCUT2D eigenvalue weighted by Crippen LogP contribution is -2.24. The summed E-state index contributed by atoms with van der Waals surface area (Å²) in [5.74, 6) is -0.236. The van der Waals surface area contributed by atoms with Crippen LogP contribution in [0.2, 0.25) is 0 Å². The second kappa shape index (κ2) is 8.48. The van der Waals surface area contributed by atoms with Gasteiger partial charge in [-0.2, -0.15) is 0 Å². The van der Waals surface area contributed by atoms with Crippen LogP contribution in [0.1, 0.15) is 31.4 Å². The molecule has 0 aromatic heterocycles. The molecule has 0 saturated carbocycles. The molecule has 0 fully saturated rings. The van der Waals surface area contributed by atoms with Gasteiger partial charge in [0, 0.05) is 11.9 Å². The summed E-state index contributed by atoms with van der Waals surface area (Å²) in [7, 11) is 1.36. The second-order valence-electron chi connectivity index (χ2n) is 7.34. The van der Waals surface area contributed by atoms with E-state index in [1.54, 1.807) is 24.8 Å². The van der Waals surface area contributed by atoms with Gasteiger partial charge < -0.3 is 9.64 Å². The van der Waals surface area contributed by atoms with Crippen LogP contribution < -0.4 is 0 Å². The van der Waals surface area contributed by atoms with Crippen LogP contribution in [0.25, 0.3) is 5.57 Å². The lowest BCUT2D eigenvalue weighted by atomic mass is 9.83. The predicted octanol–water partition coefficient (Wildman–Crippen LogP) is 5.83. The largest absolute Gasteiger partial charge is 0.464 e. The summed E-state index contributed by atoms with van der Waals surface area (Å²) in [6.45, 7) is 9.78. The van der Waals surface area contributed by atoms with Crippen molar-refractivity contribution < 1.29 is 13.9 Å². The maximum Gasteiger partial charge on any atom is 0.354 e. The van der Waals surface area contributed by atoms with E-state index >= 15 is 0 Å². The van der Waals surface area contributed by atoms with Gasteiger partial charge in [0.2, 0.25) is 0 Å². The summed E-state index contributed by atoms with van der Waals surface area (Å²) < 4.78 is 18.7. The fraction of sp³-hybridized carbons (Fsp3) is 0.240. The van der Waals surface area contributed by atoms with E-state index in [2.05, 4.69) is 25.7 Å². The Balaban J connectivity index is 2.11. The van der Waals surface area contributed by atoms with Gasteiger partial charge in [-0.15, -0.1) is 0 Å². The molecule has 29 heavy (non-hydrogen) atoms. The van der Waals surface area contributed by atoms with Crippen molar-refractivity contribution in [2.75, 3.05) is 7.11 Å². The first kappa shape index (κ1) is 20.6. The van der Waals surface area contributed by atoms with Gasteiger partial charge in [0.15, 0.2) is 0 Å². The SMILES string of the molecule is C=C1C=CC(C2=C(c3ccc(F)c(C)c3)CC(C)C=C2)=CN1/C(=C\C)C(=O)OC. The smallest absolute Gasteiger partial charge is 0.354 e. The zero-order valence-corrected chi connectivity index (χ0v) is 17.3. The number of aryl methyl sites for hydroxylation is 1. The van der Waals surface area contributed by atoms with Crippen LogP contribution in [-0.4, -0.2) is 18.0 Å². The van der Waals surface area contributed by atoms with Crippen molar-refractivity contribution in [1.82, 2.24) is 4.90 Å². The fourth-order valence-corrected chi connectivity index (χ4v) is 3.61. The minimum Gasteiger partial charge on any atom is -0.464 e. The third-order valence-electron chi connectivity index (χ3n) is 5.22. The molecule has 1 unspecified atom stereocenters. The second-order valence-corrected chi connectivity index (χ2v) is 7.34. The molecule has 0 amide bonds. The molecule has 1 aliphatic heterocycles. The Morgan fingerprint density at radius 1 is 1.31 bits per heavy atom. The van der Waals surface area contributed by atoms with Crippen LogP contribution in [0.4, 0.5) is 4.39 Å². The molecule has 3 nitrogen and oxygen atoms in total. The molecule has 3 rings (SSSR count). The van der Waals surface area contributed by atoms with Crippen molar-refractivity contribution in [3.05, 3.63) is 101 Å². The number of hydrogen-bond donors (Lipinski definition) is 0. The highest BCUT2D eigenvalue weighted by Gasteiger charge is 2.23. The average molecular weight is 391 g/mol. The molecule has 0 spiro atoms. The van der Waals surface area contributed by atoms with Crippen molar-refractivity contribution in [3.8, 4) is 0 Å². The monoisotopic (exact) mass is 391 g/mol. The van der Waals surface area contributed by atoms with Crippen molar-refractivity contribution >= 4 is 11.5 Å². The number of allylic oxidation sites excluding steroid dienone is 8. The highest BCUT2D eigenvalue weighted by Crippen LogP contribution is 2.37. The number of hydrogen-bond acceptors (Lipinski definition) is 3. The fourth-order valence-electron chi connectivity index (χ4n) is 3.61. The molecule has 2 aliphatic rings. The molecular weight excluding hydrogens is 365 g/mol. The van der Waals surface area contributed by atoms with Crippen molar-refractivity contribution in [1.29, 1.82) is 0 Å². The van der Waals surface area contributed by atoms with Crippen LogP contribution in [0, 0.1) is 18.7 Å². The molecule has 1 aromatic rings. The molecule has 1 atom stereocenters. The lowest BCUT2D eigenvalue weighted by Gasteiger charge is -2.28. The molecule has 0 radical (unpaired) electrons. The van der Waals surface area contributed by atoms with E-state index in [1.165, 1.54) is 13.2 Å². The van der Waals surface area contributed by atoms with Gasteiger partial charge >= 0.3 is 5.97 Å². The average Bonchev–Trinajstić information content (AvgIpc) is 2.71. The summed E-state index contributed by atoms with van der Waals surface area (Å²) >= 11 is 0. The van der Waals surface area contributed by atoms with Crippen LogP contribution in [0.15, 0.2) is 83.9 Å². The lowest BCUT2D eigenvalue weighted by molar-refractivity contribution is -0.137. The zero-order chi connectivity index (χ0) is 21.1. The van der Waals surface area contributed by atoms with Crippen LogP contribution in [-0.2, 0) is 9.53 Å². The first-order valence-corrected chi connectivity index (χ1v) is 9.66. The zero-order valence-electron chi connectivity index (χ0n) is 17.3. The molecule has 1 heterocycles. The number of nitrogens with zero attached hydrogens (tertiary/aromatic N) is 1. The van der Waals surface area contributed by atoms with Gasteiger partial charge in [-0.25, -0.2) is 9.18 Å². The van der Waals surface area contributed by atoms with E-state index in [4.69, 9.17) is 4.74 Å². The number of esters is 1. The quantitative estimate of drug-likeness (QED) is 0.478. The van der Waals surface area contributed by atoms with Gasteiger partial charge in [-0.1, -0.05) is 43.9 Å². The Morgan fingerprint density at radius 2 is 2.07 bits per heavy atom. The Hall–Kier alpha value is -3.14. The molecule has 0 N–H and O–H groups in total. The van der Waals surface area contributed by atoms with Crippen LogP contribution in [0.5, 0.6) is 0 Å². The first-order valence-electron chi connectivity index (χ1n) is 9.66. The van der Waals surface area contributed by atoms with E-state index in [-0.39, 0.29) is 5.82 Å². The summed E-state index contributed by atoms with van der Waals surface area (Å²) in [6.07, 6.45) is 12.6. The number of rotatable bonds is 4. The topological polar surface area (TPSA) is 29.5 Å². The van der Waals surface area contributed by atoms with Gasteiger partial charge in [-0.3, -0.25) is 0 Å². The van der Waals surface area contributed by atoms with E-state index in [0.29, 0.717) is 22.9 Å². The van der Waals surface area contributed by atoms with Crippen LogP contribution >= 0.6 is 0 Å². The molecule has 1 aliphatic carbocycles. The third kappa shape index (κ3) is 4.16. The van der Waals surface area contributed by atoms with Gasteiger partial charge in [0.05, 0.1) is 7.11 Å². The number of methoxy groups -OCH3 is 1. The van der Waals surface area contributed by atoms with Gasteiger partial charge in [0.25, 0.3) is 0 Å². The molecule has 1 aromatic carbocycles. The highest BCUT2D eigenvalue weighted by atomic mass is 19.1. The number of halogens is 1. The number of ether oxygens (including phenoxy) is 1. The minimum atomic E-state index is -0.421. The normalized spacial score (nSPS) is 19.6. The van der Waals surface area contributed by atoms with E-state index in [9.17, 15) is 9.18 Å². The summed E-state index contributed by atoms with van der Waals surface area (Å²) in [5.41, 5.74) is 5.91. The number of carbonyl (C=O) groups excluding carboxylic acids is 1. The number of carbonyl (C=O) groups is 1. The van der Waals surface area contributed by atoms with Crippen molar-refractivity contribution in [2.24, 2.45) is 5.92 Å². The van der Waals surface area contributed by atoms with Crippen molar-refractivity contribution in [3.63, 3.8) is 0 Å². The van der Waals surface area contributed by atoms with E-state index in [0.717, 1.165) is 28.7 Å². The minimum absolute atomic E-state index is 0.203. The van der Waals surface area contributed by atoms with E-state index < -0.39 is 5.97 Å². The Bertz CT molecular complexity index is 1010. The Morgan fingerprint density at radius 3 is 2.72 bits per heavy atom. The molecule has 0 saturated heterocycles. The summed E-state index contributed by atoms with van der Waals surface area (Å²) in [4.78, 5) is 13.9. The highest BCUT2D eigenvalue weighted by molar-refractivity contribution is 5.88. The standard InChI is InChI=1S/C25H26FNO2/c1-6-24(25(28)29-5)27-15-20(9-8-18(27)4)21-11-7-16(2)13-22(21)19-10-12-23(26)17(3)14-19/h6-12,14-16H,4,13H2,1-3,5H3/b24-6-. The molecule has 4 heteroatoms. The number of benzene rings is 1. The Kier molecular flexibility index (Phi) is 6.02. The predicted molar refractivity (Wildman–Crippen MR) is 115 cm³/mol. The Labute approximate surface area is 171 Å². The first-order chi connectivity index (χ1) is 13.8. The summed E-state index contributed by atoms with van der Waals surface area (Å²) in [6, 6.07) is 5.25. The molecular formula is C25H26FNO2. The maximum absolute atomic E-state index is 13.8. The van der Waals surface area contributed by atoms with Crippen LogP contribution in [0.3, 0.4) is 0 Å². The van der Waals surface area contributed by atoms with Crippen molar-refractivity contribution in [2.45, 2.75) is 27.2 Å². The van der Waals surface area contributed by atoms with E-state index in [1.807, 2.05) is 30.5 Å². The van der Waals surface area contributed by atoms with Gasteiger partial charge in [-0.05, 0) is 72.2 Å². The maximum atomic E-state index is 13.8. The van der Waals surface area contributed by atoms with Gasteiger partial charge in [0.1, 0.15) is 11.5 Å². The summed E-state index contributed by atoms with van der Waals surface area (Å²) in [5, 5.41) is 0.